The highest BCUT2D eigenvalue weighted by Gasteiger charge is 2.27. The molecule has 1 aromatic carbocycles. The van der Waals surface area contributed by atoms with Crippen molar-refractivity contribution in [3.63, 3.8) is 0 Å². The lowest BCUT2D eigenvalue weighted by Crippen LogP contribution is -2.26. The second-order valence-corrected chi connectivity index (χ2v) is 6.39. The molecule has 0 radical (unpaired) electrons. The van der Waals surface area contributed by atoms with Crippen molar-refractivity contribution in [3.8, 4) is 0 Å². The van der Waals surface area contributed by atoms with Gasteiger partial charge >= 0.3 is 0 Å². The Morgan fingerprint density at radius 1 is 1.30 bits per heavy atom. The van der Waals surface area contributed by atoms with E-state index in [2.05, 4.69) is 4.72 Å². The van der Waals surface area contributed by atoms with E-state index >= 15 is 0 Å². The van der Waals surface area contributed by atoms with Gasteiger partial charge in [0.05, 0.1) is 5.56 Å². The molecule has 20 heavy (non-hydrogen) atoms. The smallest absolute Gasteiger partial charge is 0.243 e. The van der Waals surface area contributed by atoms with Crippen LogP contribution in [0.4, 0.5) is 8.78 Å². The molecule has 112 valence electrons. The number of nitrogens with one attached hydrogen (secondary N) is 1. The van der Waals surface area contributed by atoms with Crippen LogP contribution in [0, 0.1) is 17.6 Å². The van der Waals surface area contributed by atoms with Crippen LogP contribution in [0.5, 0.6) is 0 Å². The molecule has 0 spiro atoms. The van der Waals surface area contributed by atoms with Crippen LogP contribution in [0.3, 0.4) is 0 Å². The molecule has 4 nitrogen and oxygen atoms in total. The Kier molecular flexibility index (Phi) is 5.35. The molecule has 0 aromatic heterocycles. The molecule has 0 heterocycles. The van der Waals surface area contributed by atoms with Crippen molar-refractivity contribution in [2.45, 2.75) is 32.1 Å². The standard InChI is InChI=1S/C13H17F2NO3S/c1-4-7-16-20(18,19)10-6-5-9(14)11(12(10)15)13(17)8(2)3/h5-6,8,16H,4,7H2,1-3H3. The topological polar surface area (TPSA) is 63.2 Å². The number of rotatable bonds is 6. The first-order chi connectivity index (χ1) is 9.22. The first-order valence-corrected chi connectivity index (χ1v) is 7.72. The molecule has 0 amide bonds. The Morgan fingerprint density at radius 2 is 1.90 bits per heavy atom. The molecular formula is C13H17F2NO3S. The van der Waals surface area contributed by atoms with Crippen molar-refractivity contribution < 1.29 is 22.0 Å². The van der Waals surface area contributed by atoms with Crippen LogP contribution in [0.2, 0.25) is 0 Å². The van der Waals surface area contributed by atoms with Crippen molar-refractivity contribution in [1.82, 2.24) is 4.72 Å². The number of hydrogen-bond donors (Lipinski definition) is 1. The zero-order valence-electron chi connectivity index (χ0n) is 11.5. The summed E-state index contributed by atoms with van der Waals surface area (Å²) in [6.45, 7) is 4.85. The van der Waals surface area contributed by atoms with Crippen LogP contribution >= 0.6 is 0 Å². The Morgan fingerprint density at radius 3 is 2.40 bits per heavy atom. The molecule has 0 atom stereocenters. The third-order valence-electron chi connectivity index (χ3n) is 2.66. The number of ketones is 1. The van der Waals surface area contributed by atoms with Gasteiger partial charge in [-0.25, -0.2) is 21.9 Å². The van der Waals surface area contributed by atoms with Gasteiger partial charge in [0, 0.05) is 12.5 Å². The number of Topliss-reactive ketones (excluding diaryl/α,β-unsaturated/α-hetero) is 1. The van der Waals surface area contributed by atoms with E-state index in [-0.39, 0.29) is 6.54 Å². The highest BCUT2D eigenvalue weighted by atomic mass is 32.2. The molecule has 0 saturated heterocycles. The molecule has 0 aliphatic heterocycles. The summed E-state index contributed by atoms with van der Waals surface area (Å²) in [5.41, 5.74) is -0.806. The summed E-state index contributed by atoms with van der Waals surface area (Å²) in [5, 5.41) is 0. The number of hydrogen-bond acceptors (Lipinski definition) is 3. The lowest BCUT2D eigenvalue weighted by molar-refractivity contribution is 0.0930. The molecule has 0 saturated carbocycles. The maximum absolute atomic E-state index is 14.2. The first kappa shape index (κ1) is 16.7. The zero-order valence-corrected chi connectivity index (χ0v) is 12.4. The van der Waals surface area contributed by atoms with Crippen molar-refractivity contribution in [2.24, 2.45) is 5.92 Å². The molecule has 0 aliphatic rings. The van der Waals surface area contributed by atoms with Gasteiger partial charge in [-0.05, 0) is 18.6 Å². The summed E-state index contributed by atoms with van der Waals surface area (Å²) in [5.74, 6) is -3.81. The maximum Gasteiger partial charge on any atom is 0.243 e. The second kappa shape index (κ2) is 6.41. The fourth-order valence-corrected chi connectivity index (χ4v) is 2.78. The summed E-state index contributed by atoms with van der Waals surface area (Å²) in [6.07, 6.45) is 0.528. The number of halogens is 2. The Labute approximate surface area is 117 Å². The minimum Gasteiger partial charge on any atom is -0.294 e. The van der Waals surface area contributed by atoms with Crippen molar-refractivity contribution >= 4 is 15.8 Å². The zero-order chi connectivity index (χ0) is 15.5. The average Bonchev–Trinajstić information content (AvgIpc) is 2.35. The molecule has 1 rings (SSSR count). The SMILES string of the molecule is CCCNS(=O)(=O)c1ccc(F)c(C(=O)C(C)C)c1F. The molecule has 0 unspecified atom stereocenters. The number of carbonyl (C=O) groups is 1. The monoisotopic (exact) mass is 305 g/mol. The van der Waals surface area contributed by atoms with Crippen LogP contribution in [-0.2, 0) is 10.0 Å². The third-order valence-corrected chi connectivity index (χ3v) is 4.14. The normalized spacial score (nSPS) is 11.9. The second-order valence-electron chi connectivity index (χ2n) is 4.65. The summed E-state index contributed by atoms with van der Waals surface area (Å²) in [7, 11) is -4.10. The first-order valence-electron chi connectivity index (χ1n) is 6.24. The van der Waals surface area contributed by atoms with Crippen molar-refractivity contribution in [2.75, 3.05) is 6.54 Å². The lowest BCUT2D eigenvalue weighted by Gasteiger charge is -2.11. The predicted molar refractivity (Wildman–Crippen MR) is 71.0 cm³/mol. The summed E-state index contributed by atoms with van der Waals surface area (Å²) in [6, 6.07) is 1.61. The molecular weight excluding hydrogens is 288 g/mol. The van der Waals surface area contributed by atoms with E-state index in [1.807, 2.05) is 0 Å². The minimum atomic E-state index is -4.10. The average molecular weight is 305 g/mol. The van der Waals surface area contributed by atoms with Crippen LogP contribution < -0.4 is 4.72 Å². The highest BCUT2D eigenvalue weighted by molar-refractivity contribution is 7.89. The van der Waals surface area contributed by atoms with E-state index in [0.717, 1.165) is 12.1 Å². The summed E-state index contributed by atoms with van der Waals surface area (Å²) < 4.78 is 53.7. The Balaban J connectivity index is 3.39. The van der Waals surface area contributed by atoms with Gasteiger partial charge in [0.1, 0.15) is 10.7 Å². The fourth-order valence-electron chi connectivity index (χ4n) is 1.57. The molecule has 0 bridgehead atoms. The van der Waals surface area contributed by atoms with Gasteiger partial charge in [0.25, 0.3) is 0 Å². The Hall–Kier alpha value is -1.34. The van der Waals surface area contributed by atoms with Gasteiger partial charge < -0.3 is 0 Å². The van der Waals surface area contributed by atoms with Gasteiger partial charge in [-0.15, -0.1) is 0 Å². The van der Waals surface area contributed by atoms with E-state index in [1.165, 1.54) is 13.8 Å². The largest absolute Gasteiger partial charge is 0.294 e. The van der Waals surface area contributed by atoms with E-state index in [1.54, 1.807) is 6.92 Å². The van der Waals surface area contributed by atoms with Crippen LogP contribution in [-0.4, -0.2) is 20.7 Å². The van der Waals surface area contributed by atoms with Gasteiger partial charge in [-0.1, -0.05) is 20.8 Å². The number of benzene rings is 1. The summed E-state index contributed by atoms with van der Waals surface area (Å²) >= 11 is 0. The van der Waals surface area contributed by atoms with Gasteiger partial charge in [0.2, 0.25) is 10.0 Å². The van der Waals surface area contributed by atoms with Crippen molar-refractivity contribution in [1.29, 1.82) is 0 Å². The minimum absolute atomic E-state index is 0.132. The lowest BCUT2D eigenvalue weighted by atomic mass is 10.0. The Bertz CT molecular complexity index is 612. The van der Waals surface area contributed by atoms with Crippen LogP contribution in [0.25, 0.3) is 0 Å². The van der Waals surface area contributed by atoms with E-state index in [9.17, 15) is 22.0 Å². The van der Waals surface area contributed by atoms with Crippen LogP contribution in [0.15, 0.2) is 17.0 Å². The van der Waals surface area contributed by atoms with E-state index in [4.69, 9.17) is 0 Å². The van der Waals surface area contributed by atoms with Gasteiger partial charge in [-0.3, -0.25) is 4.79 Å². The molecule has 1 aromatic rings. The van der Waals surface area contributed by atoms with Crippen molar-refractivity contribution in [3.05, 3.63) is 29.3 Å². The molecule has 1 N–H and O–H groups in total. The number of sulfonamides is 1. The third kappa shape index (κ3) is 3.40. The number of carbonyl (C=O) groups excluding carboxylic acids is 1. The predicted octanol–water partition coefficient (Wildman–Crippen LogP) is 2.49. The highest BCUT2D eigenvalue weighted by Crippen LogP contribution is 2.23. The maximum atomic E-state index is 14.2. The van der Waals surface area contributed by atoms with Gasteiger partial charge in [0.15, 0.2) is 11.6 Å². The molecule has 0 aliphatic carbocycles. The van der Waals surface area contributed by atoms with E-state index in [0.29, 0.717) is 6.42 Å². The van der Waals surface area contributed by atoms with E-state index < -0.39 is 43.8 Å². The summed E-state index contributed by atoms with van der Waals surface area (Å²) in [4.78, 5) is 11.1. The van der Waals surface area contributed by atoms with Gasteiger partial charge in [-0.2, -0.15) is 0 Å². The fraction of sp³-hybridized carbons (Fsp3) is 0.462. The van der Waals surface area contributed by atoms with Crippen LogP contribution in [0.1, 0.15) is 37.6 Å². The molecule has 0 fully saturated rings. The quantitative estimate of drug-likeness (QED) is 0.821. The molecule has 7 heteroatoms.